The van der Waals surface area contributed by atoms with Crippen LogP contribution in [0, 0.1) is 11.8 Å². The molecule has 0 unspecified atom stereocenters. The van der Waals surface area contributed by atoms with Crippen LogP contribution < -0.4 is 10.6 Å². The van der Waals surface area contributed by atoms with Crippen molar-refractivity contribution >= 4 is 39.1 Å². The van der Waals surface area contributed by atoms with Crippen molar-refractivity contribution < 1.29 is 28.2 Å². The highest BCUT2D eigenvalue weighted by atomic mass is 32.2. The summed E-state index contributed by atoms with van der Waals surface area (Å²) in [6, 6.07) is 7.21. The smallest absolute Gasteiger partial charge is 0.248 e. The van der Waals surface area contributed by atoms with E-state index in [1.807, 2.05) is 6.07 Å². The van der Waals surface area contributed by atoms with Crippen LogP contribution in [0.4, 0.5) is 0 Å². The fourth-order valence-electron chi connectivity index (χ4n) is 5.66. The number of thiazole rings is 1. The van der Waals surface area contributed by atoms with Gasteiger partial charge in [0.2, 0.25) is 11.8 Å². The first-order valence-corrected chi connectivity index (χ1v) is 18.3. The molecule has 1 aromatic carbocycles. The van der Waals surface area contributed by atoms with E-state index in [0.717, 1.165) is 38.5 Å². The van der Waals surface area contributed by atoms with Gasteiger partial charge in [0.15, 0.2) is 9.84 Å². The molecule has 242 valence electrons. The monoisotopic (exact) mass is 645 g/mol. The van der Waals surface area contributed by atoms with Gasteiger partial charge in [0.05, 0.1) is 33.9 Å². The highest BCUT2D eigenvalue weighted by Gasteiger charge is 2.40. The summed E-state index contributed by atoms with van der Waals surface area (Å²) in [5.41, 5.74) is 2.93. The zero-order valence-electron chi connectivity index (χ0n) is 25.9. The van der Waals surface area contributed by atoms with E-state index in [-0.39, 0.29) is 17.9 Å². The summed E-state index contributed by atoms with van der Waals surface area (Å²) < 4.78 is 25.3. The molecule has 0 aliphatic heterocycles. The SMILES string of the molecule is CC(C)(C)S(=O)(=O)CC(=Cc1ccccc1)C(=O)N[C@@H](Cc1cscn1)C(=O)N[C@@H](CC1CCCCC1)[C@@H](O)[C@@H](O)C1CC1. The second-order valence-electron chi connectivity index (χ2n) is 13.3. The van der Waals surface area contributed by atoms with Gasteiger partial charge in [-0.15, -0.1) is 11.3 Å². The highest BCUT2D eigenvalue weighted by molar-refractivity contribution is 7.92. The number of rotatable bonds is 14. The standard InChI is InChI=1S/C33H47N3O6S2/c1-33(2,3)44(41,42)20-25(16-22-10-6-4-7-11-22)31(39)36-28(18-26-19-43-21-34-26)32(40)35-27(17-23-12-8-5-9-13-23)30(38)29(37)24-14-15-24/h4,6-7,10-11,16,19,21,23-24,27-30,37-38H,5,8-9,12-15,17-18,20H2,1-3H3,(H,35,40)(H,36,39)/t27-,28-,29-,30+/m0/s1. The predicted octanol–water partition coefficient (Wildman–Crippen LogP) is 4.05. The van der Waals surface area contributed by atoms with Crippen molar-refractivity contribution in [3.63, 3.8) is 0 Å². The van der Waals surface area contributed by atoms with Crippen LogP contribution in [-0.4, -0.2) is 70.2 Å². The van der Waals surface area contributed by atoms with Crippen molar-refractivity contribution in [2.75, 3.05) is 5.75 Å². The van der Waals surface area contributed by atoms with Gasteiger partial charge in [0.25, 0.3) is 0 Å². The molecule has 44 heavy (non-hydrogen) atoms. The average Bonchev–Trinajstić information content (AvgIpc) is 3.71. The molecule has 0 bridgehead atoms. The molecule has 2 aliphatic carbocycles. The molecule has 2 aromatic rings. The molecule has 11 heteroatoms. The third-order valence-electron chi connectivity index (χ3n) is 8.74. The minimum absolute atomic E-state index is 0.0187. The fraction of sp³-hybridized carbons (Fsp3) is 0.606. The molecule has 1 aromatic heterocycles. The van der Waals surface area contributed by atoms with Gasteiger partial charge >= 0.3 is 0 Å². The summed E-state index contributed by atoms with van der Waals surface area (Å²) in [6.45, 7) is 4.77. The first kappa shape index (κ1) is 34.3. The summed E-state index contributed by atoms with van der Waals surface area (Å²) in [6.07, 6.45) is 7.18. The van der Waals surface area contributed by atoms with Crippen LogP contribution in [0.1, 0.15) is 83.4 Å². The van der Waals surface area contributed by atoms with E-state index >= 15 is 0 Å². The maximum Gasteiger partial charge on any atom is 0.248 e. The molecule has 1 heterocycles. The van der Waals surface area contributed by atoms with E-state index in [1.165, 1.54) is 23.8 Å². The van der Waals surface area contributed by atoms with E-state index in [4.69, 9.17) is 0 Å². The molecular formula is C33H47N3O6S2. The molecule has 0 radical (unpaired) electrons. The maximum absolute atomic E-state index is 13.9. The van der Waals surface area contributed by atoms with E-state index in [0.29, 0.717) is 23.6 Å². The molecule has 2 saturated carbocycles. The third kappa shape index (κ3) is 9.70. The zero-order chi connectivity index (χ0) is 31.9. The van der Waals surface area contributed by atoms with Crippen LogP contribution in [0.2, 0.25) is 0 Å². The Morgan fingerprint density at radius 2 is 1.73 bits per heavy atom. The number of hydrogen-bond donors (Lipinski definition) is 4. The number of aromatic nitrogens is 1. The van der Waals surface area contributed by atoms with Crippen molar-refractivity contribution in [1.29, 1.82) is 0 Å². The lowest BCUT2D eigenvalue weighted by Gasteiger charge is -2.33. The van der Waals surface area contributed by atoms with Gasteiger partial charge in [0.1, 0.15) is 12.1 Å². The topological polar surface area (TPSA) is 146 Å². The minimum Gasteiger partial charge on any atom is -0.390 e. The number of nitrogens with one attached hydrogen (secondary N) is 2. The Morgan fingerprint density at radius 3 is 2.32 bits per heavy atom. The van der Waals surface area contributed by atoms with Crippen LogP contribution in [0.3, 0.4) is 0 Å². The lowest BCUT2D eigenvalue weighted by atomic mass is 9.82. The summed E-state index contributed by atoms with van der Waals surface area (Å²) in [7, 11) is -3.73. The quantitative estimate of drug-likeness (QED) is 0.227. The highest BCUT2D eigenvalue weighted by Crippen LogP contribution is 2.36. The summed E-state index contributed by atoms with van der Waals surface area (Å²) >= 11 is 1.37. The Hall–Kier alpha value is -2.60. The minimum atomic E-state index is -3.73. The summed E-state index contributed by atoms with van der Waals surface area (Å²) in [4.78, 5) is 32.0. The largest absolute Gasteiger partial charge is 0.390 e. The van der Waals surface area contributed by atoms with Gasteiger partial charge in [-0.1, -0.05) is 62.4 Å². The Kier molecular flexibility index (Phi) is 11.8. The van der Waals surface area contributed by atoms with Gasteiger partial charge in [-0.25, -0.2) is 13.4 Å². The molecule has 2 aliphatic rings. The molecular weight excluding hydrogens is 599 g/mol. The van der Waals surface area contributed by atoms with Crippen molar-refractivity contribution in [2.24, 2.45) is 11.8 Å². The van der Waals surface area contributed by atoms with Crippen LogP contribution in [0.15, 0.2) is 46.8 Å². The number of sulfone groups is 1. The molecule has 9 nitrogen and oxygen atoms in total. The number of aliphatic hydroxyl groups is 2. The van der Waals surface area contributed by atoms with Gasteiger partial charge in [0, 0.05) is 17.4 Å². The molecule has 2 amide bonds. The Morgan fingerprint density at radius 1 is 1.05 bits per heavy atom. The summed E-state index contributed by atoms with van der Waals surface area (Å²) in [5, 5.41) is 29.6. The Balaban J connectivity index is 1.59. The van der Waals surface area contributed by atoms with Crippen molar-refractivity contribution in [1.82, 2.24) is 15.6 Å². The van der Waals surface area contributed by atoms with E-state index in [9.17, 15) is 28.2 Å². The van der Waals surface area contributed by atoms with Gasteiger partial charge in [-0.2, -0.15) is 0 Å². The first-order valence-electron chi connectivity index (χ1n) is 15.7. The predicted molar refractivity (Wildman–Crippen MR) is 174 cm³/mol. The molecule has 0 saturated heterocycles. The normalized spacial score (nSPS) is 19.5. The van der Waals surface area contributed by atoms with Crippen LogP contribution in [-0.2, 0) is 25.8 Å². The Bertz CT molecular complexity index is 1360. The molecule has 4 atom stereocenters. The number of amides is 2. The van der Waals surface area contributed by atoms with E-state index in [1.54, 1.807) is 55.9 Å². The van der Waals surface area contributed by atoms with Gasteiger partial charge in [-0.3, -0.25) is 9.59 Å². The number of hydrogen-bond acceptors (Lipinski definition) is 8. The van der Waals surface area contributed by atoms with Crippen LogP contribution >= 0.6 is 11.3 Å². The molecule has 0 spiro atoms. The average molecular weight is 646 g/mol. The Labute approximate surface area is 265 Å². The van der Waals surface area contributed by atoms with Crippen molar-refractivity contribution in [3.8, 4) is 0 Å². The maximum atomic E-state index is 13.9. The second-order valence-corrected chi connectivity index (χ2v) is 16.8. The van der Waals surface area contributed by atoms with Crippen LogP contribution in [0.5, 0.6) is 0 Å². The number of aliphatic hydroxyl groups excluding tert-OH is 2. The van der Waals surface area contributed by atoms with E-state index < -0.39 is 56.4 Å². The lowest BCUT2D eigenvalue weighted by molar-refractivity contribution is -0.129. The lowest BCUT2D eigenvalue weighted by Crippen LogP contribution is -2.56. The molecule has 4 rings (SSSR count). The van der Waals surface area contributed by atoms with Crippen molar-refractivity contribution in [2.45, 2.75) is 108 Å². The third-order valence-corrected chi connectivity index (χ3v) is 11.9. The summed E-state index contributed by atoms with van der Waals surface area (Å²) in [5.74, 6) is -1.33. The van der Waals surface area contributed by atoms with Gasteiger partial charge < -0.3 is 20.8 Å². The number of benzene rings is 1. The zero-order valence-corrected chi connectivity index (χ0v) is 27.6. The van der Waals surface area contributed by atoms with Crippen molar-refractivity contribution in [3.05, 3.63) is 58.1 Å². The first-order chi connectivity index (χ1) is 20.8. The molecule has 4 N–H and O–H groups in total. The second kappa shape index (κ2) is 15.1. The van der Waals surface area contributed by atoms with Crippen LogP contribution in [0.25, 0.3) is 6.08 Å². The molecule has 2 fully saturated rings. The fourth-order valence-corrected chi connectivity index (χ4v) is 7.28. The van der Waals surface area contributed by atoms with Gasteiger partial charge in [-0.05, 0) is 63.5 Å². The number of carbonyl (C=O) groups is 2. The number of carbonyl (C=O) groups excluding carboxylic acids is 2. The van der Waals surface area contributed by atoms with E-state index in [2.05, 4.69) is 15.6 Å². The number of nitrogens with zero attached hydrogens (tertiary/aromatic N) is 1.